The third-order valence-electron chi connectivity index (χ3n) is 1.03. The Kier molecular flexibility index (Phi) is 6.02. The Hall–Kier alpha value is 0.590. The van der Waals surface area contributed by atoms with Crippen LogP contribution in [0.15, 0.2) is 0 Å². The van der Waals surface area contributed by atoms with Gasteiger partial charge in [0.15, 0.2) is 0 Å². The van der Waals surface area contributed by atoms with Crippen LogP contribution in [-0.2, 0) is 9.53 Å². The van der Waals surface area contributed by atoms with Gasteiger partial charge < -0.3 is 9.84 Å². The molecule has 9 heavy (non-hydrogen) atoms. The zero-order valence-electron chi connectivity index (χ0n) is 6.22. The molecule has 0 aliphatic heterocycles. The van der Waals surface area contributed by atoms with Crippen LogP contribution in [0, 0.1) is 0 Å². The van der Waals surface area contributed by atoms with Crippen molar-refractivity contribution < 1.29 is 44.2 Å². The molecule has 0 heterocycles. The van der Waals surface area contributed by atoms with Crippen molar-refractivity contribution in [1.82, 2.24) is 0 Å². The molecule has 0 saturated carbocycles. The Bertz CT molecular complexity index is 100. The van der Waals surface area contributed by atoms with Crippen molar-refractivity contribution in [3.05, 3.63) is 0 Å². The van der Waals surface area contributed by atoms with Gasteiger partial charge in [0.25, 0.3) is 0 Å². The van der Waals surface area contributed by atoms with Crippen LogP contribution in [0.3, 0.4) is 0 Å². The third-order valence-corrected chi connectivity index (χ3v) is 1.03. The van der Waals surface area contributed by atoms with Crippen molar-refractivity contribution in [1.29, 1.82) is 0 Å². The summed E-state index contributed by atoms with van der Waals surface area (Å²) >= 11 is 0. The quantitative estimate of drug-likeness (QED) is 0.293. The molecule has 4 heteroatoms. The maximum absolute atomic E-state index is 10.6. The van der Waals surface area contributed by atoms with E-state index in [9.17, 15) is 9.90 Å². The van der Waals surface area contributed by atoms with Crippen molar-refractivity contribution >= 4 is 5.78 Å². The molecule has 0 aliphatic carbocycles. The fourth-order valence-corrected chi connectivity index (χ4v) is 0.144. The van der Waals surface area contributed by atoms with Crippen LogP contribution in [-0.4, -0.2) is 18.7 Å². The maximum atomic E-state index is 10.6. The van der Waals surface area contributed by atoms with Gasteiger partial charge in [-0.25, -0.2) is 0 Å². The van der Waals surface area contributed by atoms with Crippen molar-refractivity contribution in [2.24, 2.45) is 0 Å². The number of hydrogen-bond donors (Lipinski definition) is 0. The van der Waals surface area contributed by atoms with Gasteiger partial charge in [0.05, 0.1) is 5.79 Å². The average molecular weight is 140 g/mol. The van der Waals surface area contributed by atoms with Crippen LogP contribution in [0.5, 0.6) is 0 Å². The molecule has 0 aromatic heterocycles. The van der Waals surface area contributed by atoms with Crippen LogP contribution in [0.1, 0.15) is 13.8 Å². The fourth-order valence-electron chi connectivity index (χ4n) is 0.144. The largest absolute Gasteiger partial charge is 1.00 e. The summed E-state index contributed by atoms with van der Waals surface area (Å²) in [7, 11) is 1.22. The first kappa shape index (κ1) is 12.3. The van der Waals surface area contributed by atoms with Crippen molar-refractivity contribution in [3.8, 4) is 0 Å². The van der Waals surface area contributed by atoms with E-state index in [0.717, 1.165) is 0 Å². The van der Waals surface area contributed by atoms with E-state index in [4.69, 9.17) is 0 Å². The molecule has 0 spiro atoms. The van der Waals surface area contributed by atoms with E-state index in [1.54, 1.807) is 0 Å². The van der Waals surface area contributed by atoms with E-state index < -0.39 is 11.6 Å². The molecule has 1 unspecified atom stereocenters. The van der Waals surface area contributed by atoms with Crippen LogP contribution < -0.4 is 34.7 Å². The Morgan fingerprint density at radius 2 is 2.00 bits per heavy atom. The van der Waals surface area contributed by atoms with E-state index in [0.29, 0.717) is 0 Å². The van der Waals surface area contributed by atoms with Crippen LogP contribution in [0.2, 0.25) is 0 Å². The zero-order valence-corrected chi connectivity index (χ0v) is 8.22. The zero-order chi connectivity index (χ0) is 6.78. The molecule has 0 amide bonds. The van der Waals surface area contributed by atoms with Crippen LogP contribution >= 0.6 is 0 Å². The Labute approximate surface area is 76.7 Å². The van der Waals surface area contributed by atoms with Gasteiger partial charge in [-0.1, -0.05) is 0 Å². The Morgan fingerprint density at radius 1 is 1.67 bits per heavy atom. The number of ketones is 1. The van der Waals surface area contributed by atoms with Gasteiger partial charge in [0, 0.05) is 7.11 Å². The van der Waals surface area contributed by atoms with Crippen LogP contribution in [0.25, 0.3) is 0 Å². The molecule has 0 bridgehead atoms. The summed E-state index contributed by atoms with van der Waals surface area (Å²) in [5.41, 5.74) is 0. The first-order chi connectivity index (χ1) is 3.50. The van der Waals surface area contributed by atoms with Gasteiger partial charge in [0.1, 0.15) is 5.78 Å². The molecule has 0 rings (SSSR count). The summed E-state index contributed by atoms with van der Waals surface area (Å²) in [5.74, 6) is -2.35. The van der Waals surface area contributed by atoms with E-state index in [2.05, 4.69) is 4.74 Å². The fraction of sp³-hybridized carbons (Fsp3) is 0.800. The minimum atomic E-state index is -1.85. The predicted octanol–water partition coefficient (Wildman–Crippen LogP) is -3.70. The monoisotopic (exact) mass is 140 g/mol. The standard InChI is InChI=1S/C5H9O3.Na/c1-4(6)5(2,7)8-3;/h1-3H3;/q-1;+1. The predicted molar refractivity (Wildman–Crippen MR) is 26.1 cm³/mol. The summed E-state index contributed by atoms with van der Waals surface area (Å²) in [6.45, 7) is 2.39. The molecule has 3 nitrogen and oxygen atoms in total. The maximum Gasteiger partial charge on any atom is 1.00 e. The molecule has 0 fully saturated rings. The van der Waals surface area contributed by atoms with Gasteiger partial charge in [-0.3, -0.25) is 4.79 Å². The Balaban J connectivity index is 0. The minimum Gasteiger partial charge on any atom is -0.823 e. The first-order valence-electron chi connectivity index (χ1n) is 2.27. The average Bonchev–Trinajstić information content (AvgIpc) is 1.67. The van der Waals surface area contributed by atoms with Gasteiger partial charge in [-0.05, 0) is 13.8 Å². The molecule has 48 valence electrons. The number of ether oxygens (including phenoxy) is 1. The topological polar surface area (TPSA) is 49.4 Å². The second kappa shape index (κ2) is 4.41. The van der Waals surface area contributed by atoms with E-state index in [1.165, 1.54) is 21.0 Å². The van der Waals surface area contributed by atoms with Crippen molar-refractivity contribution in [2.45, 2.75) is 19.6 Å². The smallest absolute Gasteiger partial charge is 0.823 e. The van der Waals surface area contributed by atoms with Gasteiger partial charge in [-0.15, -0.1) is 0 Å². The molecule has 0 radical (unpaired) electrons. The SMILES string of the molecule is COC(C)([O-])C(C)=O.[Na+]. The first-order valence-corrected chi connectivity index (χ1v) is 2.27. The number of Topliss-reactive ketones (excluding diaryl/α,β-unsaturated/α-hetero) is 1. The normalized spacial score (nSPS) is 15.6. The molecule has 0 saturated heterocycles. The van der Waals surface area contributed by atoms with Crippen LogP contribution in [0.4, 0.5) is 0 Å². The molecule has 0 aromatic rings. The molecular formula is C5H9NaO3. The number of methoxy groups -OCH3 is 1. The van der Waals surface area contributed by atoms with E-state index in [-0.39, 0.29) is 29.6 Å². The number of carbonyl (C=O) groups is 1. The summed E-state index contributed by atoms with van der Waals surface area (Å²) < 4.78 is 4.29. The minimum absolute atomic E-state index is 0. The molecule has 0 aliphatic rings. The van der Waals surface area contributed by atoms with Crippen molar-refractivity contribution in [3.63, 3.8) is 0 Å². The van der Waals surface area contributed by atoms with E-state index >= 15 is 0 Å². The number of rotatable bonds is 2. The molecule has 0 aromatic carbocycles. The Morgan fingerprint density at radius 3 is 2.00 bits per heavy atom. The van der Waals surface area contributed by atoms with Crippen molar-refractivity contribution in [2.75, 3.05) is 7.11 Å². The molecule has 1 atom stereocenters. The summed E-state index contributed by atoms with van der Waals surface area (Å²) in [6, 6.07) is 0. The third kappa shape index (κ3) is 4.06. The van der Waals surface area contributed by atoms with Gasteiger partial charge >= 0.3 is 29.6 Å². The van der Waals surface area contributed by atoms with Gasteiger partial charge in [0.2, 0.25) is 0 Å². The summed E-state index contributed by atoms with van der Waals surface area (Å²) in [4.78, 5) is 10.3. The summed E-state index contributed by atoms with van der Waals surface area (Å²) in [6.07, 6.45) is 0. The summed E-state index contributed by atoms with van der Waals surface area (Å²) in [5, 5.41) is 10.6. The van der Waals surface area contributed by atoms with E-state index in [1.807, 2.05) is 0 Å². The number of carbonyl (C=O) groups excluding carboxylic acids is 1. The second-order valence-corrected chi connectivity index (χ2v) is 1.71. The second-order valence-electron chi connectivity index (χ2n) is 1.71. The number of hydrogen-bond acceptors (Lipinski definition) is 3. The van der Waals surface area contributed by atoms with Gasteiger partial charge in [-0.2, -0.15) is 0 Å². The molecular weight excluding hydrogens is 131 g/mol. The molecule has 0 N–H and O–H groups in total.